The highest BCUT2D eigenvalue weighted by Crippen LogP contribution is 2.41. The van der Waals surface area contributed by atoms with Crippen molar-refractivity contribution in [3.05, 3.63) is 72.6 Å². The molecule has 1 radical (unpaired) electrons. The summed E-state index contributed by atoms with van der Waals surface area (Å²) in [5, 5.41) is 0. The van der Waals surface area contributed by atoms with Gasteiger partial charge in [-0.3, -0.25) is 0 Å². The van der Waals surface area contributed by atoms with Gasteiger partial charge < -0.3 is 4.74 Å². The average Bonchev–Trinajstić information content (AvgIpc) is 2.44. The minimum atomic E-state index is 0.630. The molecule has 0 saturated heterocycles. The molecule has 0 atom stereocenters. The van der Waals surface area contributed by atoms with Gasteiger partial charge in [-0.25, -0.2) is 0 Å². The Morgan fingerprint density at radius 1 is 0.947 bits per heavy atom. The molecule has 0 aliphatic heterocycles. The average molecular weight is 251 g/mol. The van der Waals surface area contributed by atoms with Crippen LogP contribution in [0.5, 0.6) is 5.75 Å². The van der Waals surface area contributed by atoms with Gasteiger partial charge in [0.25, 0.3) is 0 Å². The minimum Gasteiger partial charge on any atom is -0.489 e. The van der Waals surface area contributed by atoms with Crippen LogP contribution in [0.2, 0.25) is 0 Å². The van der Waals surface area contributed by atoms with Crippen molar-refractivity contribution in [2.24, 2.45) is 5.92 Å². The van der Waals surface area contributed by atoms with Crippen molar-refractivity contribution in [1.82, 2.24) is 0 Å². The van der Waals surface area contributed by atoms with Gasteiger partial charge in [-0.05, 0) is 47.9 Å². The van der Waals surface area contributed by atoms with Crippen molar-refractivity contribution in [3.8, 4) is 5.75 Å². The Morgan fingerprint density at radius 2 is 1.63 bits per heavy atom. The van der Waals surface area contributed by atoms with E-state index in [9.17, 15) is 0 Å². The Morgan fingerprint density at radius 3 is 2.26 bits per heavy atom. The van der Waals surface area contributed by atoms with Crippen LogP contribution in [0.15, 0.2) is 54.6 Å². The van der Waals surface area contributed by atoms with E-state index in [1.807, 2.05) is 18.2 Å². The van der Waals surface area contributed by atoms with Gasteiger partial charge in [0.05, 0.1) is 0 Å². The van der Waals surface area contributed by atoms with Crippen molar-refractivity contribution in [2.45, 2.75) is 25.4 Å². The van der Waals surface area contributed by atoms with Crippen LogP contribution in [0, 0.1) is 12.8 Å². The third-order valence-corrected chi connectivity index (χ3v) is 3.84. The zero-order chi connectivity index (χ0) is 13.1. The van der Waals surface area contributed by atoms with E-state index in [-0.39, 0.29) is 0 Å². The maximum Gasteiger partial charge on any atom is 0.119 e. The van der Waals surface area contributed by atoms with E-state index < -0.39 is 0 Å². The predicted octanol–water partition coefficient (Wildman–Crippen LogP) is 4.59. The SMILES string of the molecule is [CH2]C1CC(c2ccc(OCc3ccccc3)cc2)C1. The lowest BCUT2D eigenvalue weighted by Gasteiger charge is -2.32. The number of rotatable bonds is 4. The molecule has 3 rings (SSSR count). The first-order valence-corrected chi connectivity index (χ1v) is 6.91. The van der Waals surface area contributed by atoms with Gasteiger partial charge in [-0.1, -0.05) is 49.4 Å². The first kappa shape index (κ1) is 12.3. The Kier molecular flexibility index (Phi) is 3.54. The highest BCUT2D eigenvalue weighted by Gasteiger charge is 2.26. The van der Waals surface area contributed by atoms with E-state index in [0.29, 0.717) is 18.4 Å². The molecule has 1 aliphatic carbocycles. The van der Waals surface area contributed by atoms with Crippen LogP contribution in [-0.4, -0.2) is 0 Å². The largest absolute Gasteiger partial charge is 0.489 e. The van der Waals surface area contributed by atoms with Crippen molar-refractivity contribution >= 4 is 0 Å². The van der Waals surface area contributed by atoms with Crippen LogP contribution in [0.4, 0.5) is 0 Å². The van der Waals surface area contributed by atoms with E-state index in [2.05, 4.69) is 43.3 Å². The first-order chi connectivity index (χ1) is 9.31. The molecular weight excluding hydrogens is 232 g/mol. The molecule has 0 bridgehead atoms. The molecule has 2 aromatic carbocycles. The Balaban J connectivity index is 1.57. The van der Waals surface area contributed by atoms with E-state index in [1.54, 1.807) is 0 Å². The van der Waals surface area contributed by atoms with Gasteiger partial charge in [0.15, 0.2) is 0 Å². The fraction of sp³-hybridized carbons (Fsp3) is 0.278. The zero-order valence-corrected chi connectivity index (χ0v) is 11.1. The summed E-state index contributed by atoms with van der Waals surface area (Å²) in [6.07, 6.45) is 2.45. The third-order valence-electron chi connectivity index (χ3n) is 3.84. The van der Waals surface area contributed by atoms with E-state index in [0.717, 1.165) is 5.75 Å². The second-order valence-electron chi connectivity index (χ2n) is 5.38. The minimum absolute atomic E-state index is 0.630. The third kappa shape index (κ3) is 2.98. The molecule has 2 aromatic rings. The quantitative estimate of drug-likeness (QED) is 0.772. The number of benzene rings is 2. The molecule has 1 aliphatic rings. The molecule has 97 valence electrons. The second kappa shape index (κ2) is 5.48. The summed E-state index contributed by atoms with van der Waals surface area (Å²) in [7, 11) is 0. The van der Waals surface area contributed by atoms with Crippen LogP contribution < -0.4 is 4.74 Å². The lowest BCUT2D eigenvalue weighted by Crippen LogP contribution is -2.18. The van der Waals surface area contributed by atoms with Crippen LogP contribution >= 0.6 is 0 Å². The molecule has 0 N–H and O–H groups in total. The Bertz CT molecular complexity index is 509. The molecule has 1 heteroatoms. The highest BCUT2D eigenvalue weighted by molar-refractivity contribution is 5.31. The summed E-state index contributed by atoms with van der Waals surface area (Å²) >= 11 is 0. The van der Waals surface area contributed by atoms with Gasteiger partial charge in [0, 0.05) is 0 Å². The monoisotopic (exact) mass is 251 g/mol. The lowest BCUT2D eigenvalue weighted by atomic mass is 9.72. The molecule has 0 unspecified atom stereocenters. The van der Waals surface area contributed by atoms with Gasteiger partial charge in [0.2, 0.25) is 0 Å². The van der Waals surface area contributed by atoms with Crippen molar-refractivity contribution in [2.75, 3.05) is 0 Å². The number of hydrogen-bond acceptors (Lipinski definition) is 1. The summed E-state index contributed by atoms with van der Waals surface area (Å²) in [4.78, 5) is 0. The maximum absolute atomic E-state index is 5.79. The maximum atomic E-state index is 5.79. The summed E-state index contributed by atoms with van der Waals surface area (Å²) in [6, 6.07) is 18.8. The molecule has 19 heavy (non-hydrogen) atoms. The zero-order valence-electron chi connectivity index (χ0n) is 11.1. The van der Waals surface area contributed by atoms with Crippen LogP contribution in [-0.2, 0) is 6.61 Å². The molecule has 1 nitrogen and oxygen atoms in total. The van der Waals surface area contributed by atoms with E-state index in [1.165, 1.54) is 24.0 Å². The first-order valence-electron chi connectivity index (χ1n) is 6.91. The summed E-state index contributed by atoms with van der Waals surface area (Å²) in [5.74, 6) is 2.31. The van der Waals surface area contributed by atoms with Gasteiger partial charge in [-0.15, -0.1) is 0 Å². The molecule has 0 aromatic heterocycles. The lowest BCUT2D eigenvalue weighted by molar-refractivity contribution is 0.304. The molecule has 1 fully saturated rings. The van der Waals surface area contributed by atoms with Crippen LogP contribution in [0.25, 0.3) is 0 Å². The highest BCUT2D eigenvalue weighted by atomic mass is 16.5. The smallest absolute Gasteiger partial charge is 0.119 e. The molecule has 0 amide bonds. The Hall–Kier alpha value is -1.76. The van der Waals surface area contributed by atoms with Gasteiger partial charge in [0.1, 0.15) is 12.4 Å². The Labute approximate surface area is 115 Å². The normalized spacial score (nSPS) is 21.7. The van der Waals surface area contributed by atoms with Crippen molar-refractivity contribution in [3.63, 3.8) is 0 Å². The second-order valence-corrected chi connectivity index (χ2v) is 5.38. The fourth-order valence-electron chi connectivity index (χ4n) is 2.58. The van der Waals surface area contributed by atoms with E-state index >= 15 is 0 Å². The van der Waals surface area contributed by atoms with E-state index in [4.69, 9.17) is 4.74 Å². The molecule has 1 saturated carbocycles. The number of hydrogen-bond donors (Lipinski definition) is 0. The summed E-state index contributed by atoms with van der Waals surface area (Å²) in [5.41, 5.74) is 2.62. The summed E-state index contributed by atoms with van der Waals surface area (Å²) in [6.45, 7) is 4.70. The predicted molar refractivity (Wildman–Crippen MR) is 78.0 cm³/mol. The summed E-state index contributed by atoms with van der Waals surface area (Å²) < 4.78 is 5.79. The standard InChI is InChI=1S/C18H19O/c1-14-11-17(12-14)16-7-9-18(10-8-16)19-13-15-5-3-2-4-6-15/h2-10,14,17H,1,11-13H2. The number of ether oxygens (including phenoxy) is 1. The van der Waals surface area contributed by atoms with Crippen molar-refractivity contribution in [1.29, 1.82) is 0 Å². The van der Waals surface area contributed by atoms with Crippen molar-refractivity contribution < 1.29 is 4.74 Å². The van der Waals surface area contributed by atoms with Gasteiger partial charge in [-0.2, -0.15) is 0 Å². The van der Waals surface area contributed by atoms with Crippen LogP contribution in [0.3, 0.4) is 0 Å². The fourth-order valence-corrected chi connectivity index (χ4v) is 2.58. The topological polar surface area (TPSA) is 9.23 Å². The molecular formula is C18H19O. The van der Waals surface area contributed by atoms with Crippen LogP contribution in [0.1, 0.15) is 29.9 Å². The molecule has 0 heterocycles. The molecule has 0 spiro atoms. The van der Waals surface area contributed by atoms with Gasteiger partial charge >= 0.3 is 0 Å².